The Morgan fingerprint density at radius 3 is 2.31 bits per heavy atom. The van der Waals surface area contributed by atoms with Gasteiger partial charge < -0.3 is 9.84 Å². The van der Waals surface area contributed by atoms with E-state index in [0.717, 1.165) is 20.1 Å². The third kappa shape index (κ3) is 4.29. The second-order valence-electron chi connectivity index (χ2n) is 7.87. The van der Waals surface area contributed by atoms with E-state index in [4.69, 9.17) is 21.5 Å². The second-order valence-corrected chi connectivity index (χ2v) is 11.3. The number of nitrogens with zero attached hydrogens (tertiary/aromatic N) is 1. The minimum absolute atomic E-state index is 0.0385. The van der Waals surface area contributed by atoms with Crippen LogP contribution >= 0.6 is 22.9 Å². The molecule has 0 saturated carbocycles. The smallest absolute Gasteiger partial charge is 0.423 e. The van der Waals surface area contributed by atoms with Crippen molar-refractivity contribution in [3.63, 3.8) is 0 Å². The minimum Gasteiger partial charge on any atom is -0.423 e. The zero-order valence-electron chi connectivity index (χ0n) is 18.0. The number of hydrogen-bond acceptors (Lipinski definition) is 7. The van der Waals surface area contributed by atoms with Gasteiger partial charge in [-0.1, -0.05) is 54.1 Å². The van der Waals surface area contributed by atoms with Crippen molar-refractivity contribution in [3.05, 3.63) is 88.3 Å². The maximum absolute atomic E-state index is 13.7. The Balaban J connectivity index is 1.57. The number of benzene rings is 3. The molecular formula is C24H19ClN2O6S2. The van der Waals surface area contributed by atoms with Crippen molar-refractivity contribution in [2.75, 3.05) is 6.54 Å². The highest BCUT2D eigenvalue weighted by Gasteiger charge is 2.44. The van der Waals surface area contributed by atoms with Crippen molar-refractivity contribution < 1.29 is 28.3 Å². The number of amides is 1. The molecule has 0 bridgehead atoms. The fraction of sp³-hybridized carbons (Fsp3) is 0.125. The van der Waals surface area contributed by atoms with Crippen LogP contribution in [0, 0.1) is 0 Å². The van der Waals surface area contributed by atoms with E-state index in [0.29, 0.717) is 20.8 Å². The molecule has 0 spiro atoms. The molecule has 0 radical (unpaired) electrons. The summed E-state index contributed by atoms with van der Waals surface area (Å²) >= 11 is 7.25. The summed E-state index contributed by atoms with van der Waals surface area (Å²) in [6, 6.07) is 20.6. The number of carbonyl (C=O) groups excluding carboxylic acids is 1. The van der Waals surface area contributed by atoms with Gasteiger partial charge >= 0.3 is 6.09 Å². The molecule has 5 rings (SSSR count). The van der Waals surface area contributed by atoms with E-state index in [9.17, 15) is 18.3 Å². The molecule has 1 aliphatic heterocycles. The lowest BCUT2D eigenvalue weighted by molar-refractivity contribution is -0.0174. The van der Waals surface area contributed by atoms with Crippen molar-refractivity contribution in [3.8, 4) is 11.1 Å². The summed E-state index contributed by atoms with van der Waals surface area (Å²) in [6.07, 6.45) is -3.73. The maximum atomic E-state index is 13.7. The first kappa shape index (κ1) is 23.7. The van der Waals surface area contributed by atoms with Gasteiger partial charge in [0.25, 0.3) is 0 Å². The SMILES string of the molecule is O=C(NO)OC1c2c(sc3ccccc23)C(O)CN1S(=O)(=O)c1ccc(-c2ccc(Cl)cc2)cc1. The van der Waals surface area contributed by atoms with Crippen LogP contribution in [-0.2, 0) is 14.8 Å². The topological polar surface area (TPSA) is 116 Å². The van der Waals surface area contributed by atoms with Gasteiger partial charge in [-0.05, 0) is 41.5 Å². The van der Waals surface area contributed by atoms with Crippen LogP contribution in [0.1, 0.15) is 22.8 Å². The Morgan fingerprint density at radius 2 is 1.66 bits per heavy atom. The number of hydrogen-bond donors (Lipinski definition) is 3. The van der Waals surface area contributed by atoms with Gasteiger partial charge in [0.2, 0.25) is 10.0 Å². The van der Waals surface area contributed by atoms with Crippen LogP contribution in [-0.4, -0.2) is 35.7 Å². The Labute approximate surface area is 210 Å². The zero-order valence-corrected chi connectivity index (χ0v) is 20.3. The average molecular weight is 531 g/mol. The number of β-amino-alcohol motifs (C(OH)–C–C–N with tert-alkyl or cyclic N) is 1. The zero-order chi connectivity index (χ0) is 24.7. The summed E-state index contributed by atoms with van der Waals surface area (Å²) in [6.45, 7) is -0.329. The largest absolute Gasteiger partial charge is 0.432 e. The number of nitrogens with one attached hydrogen (secondary N) is 1. The van der Waals surface area contributed by atoms with Crippen LogP contribution in [0.4, 0.5) is 4.79 Å². The van der Waals surface area contributed by atoms with Crippen LogP contribution in [0.3, 0.4) is 0 Å². The Kier molecular flexibility index (Phi) is 6.26. The molecule has 1 amide bonds. The van der Waals surface area contributed by atoms with Gasteiger partial charge in [-0.15, -0.1) is 11.3 Å². The van der Waals surface area contributed by atoms with Crippen LogP contribution in [0.15, 0.2) is 77.7 Å². The molecule has 180 valence electrons. The van der Waals surface area contributed by atoms with Crippen LogP contribution in [0.5, 0.6) is 0 Å². The number of carbonyl (C=O) groups is 1. The maximum Gasteiger partial charge on any atom is 0.432 e. The second kappa shape index (κ2) is 9.23. The normalized spacial score (nSPS) is 18.3. The molecular weight excluding hydrogens is 512 g/mol. The van der Waals surface area contributed by atoms with E-state index >= 15 is 0 Å². The average Bonchev–Trinajstić information content (AvgIpc) is 3.26. The van der Waals surface area contributed by atoms with Gasteiger partial charge in [-0.25, -0.2) is 18.7 Å². The molecule has 3 N–H and O–H groups in total. The third-order valence-electron chi connectivity index (χ3n) is 5.78. The molecule has 2 unspecified atom stereocenters. The fourth-order valence-corrected chi connectivity index (χ4v) is 6.96. The molecule has 3 aromatic carbocycles. The van der Waals surface area contributed by atoms with Crippen molar-refractivity contribution in [2.45, 2.75) is 17.2 Å². The number of rotatable bonds is 4. The van der Waals surface area contributed by atoms with Crippen molar-refractivity contribution in [1.29, 1.82) is 0 Å². The number of aliphatic hydroxyl groups excluding tert-OH is 1. The van der Waals surface area contributed by atoms with Crippen molar-refractivity contribution >= 4 is 49.1 Å². The van der Waals surface area contributed by atoms with Gasteiger partial charge in [0, 0.05) is 32.1 Å². The molecule has 1 aliphatic rings. The highest BCUT2D eigenvalue weighted by atomic mass is 35.5. The summed E-state index contributed by atoms with van der Waals surface area (Å²) < 4.78 is 34.5. The quantitative estimate of drug-likeness (QED) is 0.250. The number of ether oxygens (including phenoxy) is 1. The molecule has 11 heteroatoms. The first-order valence-electron chi connectivity index (χ1n) is 10.5. The molecule has 2 heterocycles. The monoisotopic (exact) mass is 530 g/mol. The van der Waals surface area contributed by atoms with Crippen LogP contribution in [0.25, 0.3) is 21.2 Å². The predicted molar refractivity (Wildman–Crippen MR) is 132 cm³/mol. The molecule has 0 fully saturated rings. The first-order chi connectivity index (χ1) is 16.8. The van der Waals surface area contributed by atoms with Gasteiger partial charge in [-0.2, -0.15) is 4.31 Å². The number of aliphatic hydroxyl groups is 1. The highest BCUT2D eigenvalue weighted by molar-refractivity contribution is 7.89. The Bertz CT molecular complexity index is 1500. The number of halogens is 1. The molecule has 2 atom stereocenters. The summed E-state index contributed by atoms with van der Waals surface area (Å²) in [5, 5.41) is 21.1. The van der Waals surface area contributed by atoms with E-state index in [1.54, 1.807) is 36.4 Å². The molecule has 35 heavy (non-hydrogen) atoms. The van der Waals surface area contributed by atoms with Crippen molar-refractivity contribution in [2.24, 2.45) is 0 Å². The van der Waals surface area contributed by atoms with Gasteiger partial charge in [0.05, 0.1) is 4.90 Å². The van der Waals surface area contributed by atoms with Crippen molar-refractivity contribution in [1.82, 2.24) is 9.79 Å². The fourth-order valence-electron chi connectivity index (χ4n) is 4.15. The number of thiophene rings is 1. The molecule has 8 nitrogen and oxygen atoms in total. The van der Waals surface area contributed by atoms with E-state index in [1.165, 1.54) is 28.9 Å². The lowest BCUT2D eigenvalue weighted by Crippen LogP contribution is -2.44. The number of hydroxylamine groups is 1. The highest BCUT2D eigenvalue weighted by Crippen LogP contribution is 2.47. The Morgan fingerprint density at radius 1 is 1.03 bits per heavy atom. The summed E-state index contributed by atoms with van der Waals surface area (Å²) in [4.78, 5) is 12.5. The number of sulfonamides is 1. The van der Waals surface area contributed by atoms with Crippen LogP contribution < -0.4 is 5.48 Å². The minimum atomic E-state index is -4.22. The Hall–Kier alpha value is -2.99. The molecule has 4 aromatic rings. The number of fused-ring (bicyclic) bond motifs is 3. The molecule has 0 aliphatic carbocycles. The van der Waals surface area contributed by atoms with Crippen LogP contribution in [0.2, 0.25) is 5.02 Å². The van der Waals surface area contributed by atoms with E-state index in [2.05, 4.69) is 0 Å². The van der Waals surface area contributed by atoms with E-state index in [1.807, 2.05) is 24.3 Å². The predicted octanol–water partition coefficient (Wildman–Crippen LogP) is 5.07. The van der Waals surface area contributed by atoms with Gasteiger partial charge in [-0.3, -0.25) is 5.21 Å². The van der Waals surface area contributed by atoms with E-state index < -0.39 is 28.4 Å². The van der Waals surface area contributed by atoms with E-state index in [-0.39, 0.29) is 11.4 Å². The molecule has 1 aromatic heterocycles. The van der Waals surface area contributed by atoms with Gasteiger partial charge in [0.15, 0.2) is 6.23 Å². The standard InChI is InChI=1S/C24H19ClN2O6S2/c25-16-9-5-14(6-10-16)15-7-11-17(12-8-15)35(31,32)27-13-19(28)22-21(23(27)33-24(29)26-30)18-3-1-2-4-20(18)34-22/h1-12,19,23,28,30H,13H2,(H,26,29). The first-order valence-corrected chi connectivity index (χ1v) is 13.1. The summed E-state index contributed by atoms with van der Waals surface area (Å²) in [7, 11) is -4.22. The summed E-state index contributed by atoms with van der Waals surface area (Å²) in [5.74, 6) is 0. The third-order valence-corrected chi connectivity index (χ3v) is 9.14. The lowest BCUT2D eigenvalue weighted by Gasteiger charge is -2.36. The lowest BCUT2D eigenvalue weighted by atomic mass is 10.0. The summed E-state index contributed by atoms with van der Waals surface area (Å²) in [5.41, 5.74) is 3.41. The van der Waals surface area contributed by atoms with Gasteiger partial charge in [0.1, 0.15) is 6.10 Å². The molecule has 0 saturated heterocycles.